The first kappa shape index (κ1) is 12.5. The molecular weight excluding hydrogens is 212 g/mol. The summed E-state index contributed by atoms with van der Waals surface area (Å²) in [5.74, 6) is 0.117. The van der Waals surface area contributed by atoms with E-state index in [1.165, 1.54) is 0 Å². The Labute approximate surface area is 95.8 Å². The van der Waals surface area contributed by atoms with Crippen molar-refractivity contribution in [1.82, 2.24) is 0 Å². The fourth-order valence-electron chi connectivity index (χ4n) is 1.46. The van der Waals surface area contributed by atoms with E-state index in [2.05, 4.69) is 0 Å². The van der Waals surface area contributed by atoms with Gasteiger partial charge in [-0.1, -0.05) is 36.7 Å². The van der Waals surface area contributed by atoms with Crippen LogP contribution in [0.15, 0.2) is 24.3 Å². The maximum absolute atomic E-state index is 9.89. The molecular formula is C12H17ClO2. The van der Waals surface area contributed by atoms with E-state index in [4.69, 9.17) is 16.3 Å². The first-order valence-electron chi connectivity index (χ1n) is 5.05. The van der Waals surface area contributed by atoms with Crippen LogP contribution in [0.4, 0.5) is 0 Å². The molecule has 0 amide bonds. The third-order valence-electron chi connectivity index (χ3n) is 2.47. The number of hydrogen-bond donors (Lipinski definition) is 1. The lowest BCUT2D eigenvalue weighted by atomic mass is 9.98. The molecule has 1 aromatic carbocycles. The Balaban J connectivity index is 2.58. The van der Waals surface area contributed by atoms with Crippen LogP contribution in [0, 0.1) is 5.92 Å². The van der Waals surface area contributed by atoms with Crippen LogP contribution >= 0.6 is 11.6 Å². The molecule has 84 valence electrons. The Bertz CT molecular complexity index is 301. The van der Waals surface area contributed by atoms with Crippen LogP contribution in [0.1, 0.15) is 12.5 Å². The maximum Gasteiger partial charge on any atom is 0.0628 e. The second-order valence-electron chi connectivity index (χ2n) is 3.80. The molecule has 0 saturated carbocycles. The Hall–Kier alpha value is -0.570. The van der Waals surface area contributed by atoms with Crippen molar-refractivity contribution in [1.29, 1.82) is 0 Å². The van der Waals surface area contributed by atoms with E-state index in [9.17, 15) is 5.11 Å². The second-order valence-corrected chi connectivity index (χ2v) is 4.20. The number of aliphatic hydroxyl groups excluding tert-OH is 1. The van der Waals surface area contributed by atoms with Gasteiger partial charge in [0.2, 0.25) is 0 Å². The van der Waals surface area contributed by atoms with Crippen LogP contribution in [0.2, 0.25) is 5.02 Å². The number of ether oxygens (including phenoxy) is 1. The van der Waals surface area contributed by atoms with Gasteiger partial charge in [-0.15, -0.1) is 0 Å². The number of benzene rings is 1. The summed E-state index contributed by atoms with van der Waals surface area (Å²) in [6.07, 6.45) is 0.161. The van der Waals surface area contributed by atoms with Crippen molar-refractivity contribution < 1.29 is 9.84 Å². The third-order valence-corrected chi connectivity index (χ3v) is 2.84. The molecule has 0 bridgehead atoms. The molecule has 0 saturated heterocycles. The normalized spacial score (nSPS) is 14.9. The summed E-state index contributed by atoms with van der Waals surface area (Å²) < 4.78 is 5.00. The van der Waals surface area contributed by atoms with Crippen LogP contribution in [-0.4, -0.2) is 24.9 Å². The number of aliphatic hydroxyl groups is 1. The number of hydrogen-bond acceptors (Lipinski definition) is 2. The lowest BCUT2D eigenvalue weighted by Gasteiger charge is -2.18. The van der Waals surface area contributed by atoms with Crippen molar-refractivity contribution in [2.45, 2.75) is 19.4 Å². The molecule has 15 heavy (non-hydrogen) atoms. The van der Waals surface area contributed by atoms with Crippen molar-refractivity contribution in [2.75, 3.05) is 13.7 Å². The molecule has 0 aliphatic rings. The molecule has 1 rings (SSSR count). The monoisotopic (exact) mass is 228 g/mol. The highest BCUT2D eigenvalue weighted by atomic mass is 35.5. The van der Waals surface area contributed by atoms with Gasteiger partial charge in [0, 0.05) is 24.5 Å². The Morgan fingerprint density at radius 1 is 1.40 bits per heavy atom. The molecule has 2 atom stereocenters. The molecule has 0 aliphatic carbocycles. The van der Waals surface area contributed by atoms with Crippen molar-refractivity contribution in [2.24, 2.45) is 5.92 Å². The highest BCUT2D eigenvalue weighted by molar-refractivity contribution is 6.31. The molecule has 3 heteroatoms. The minimum Gasteiger partial charge on any atom is -0.392 e. The van der Waals surface area contributed by atoms with Gasteiger partial charge < -0.3 is 9.84 Å². The molecule has 0 spiro atoms. The van der Waals surface area contributed by atoms with E-state index < -0.39 is 6.10 Å². The molecule has 0 fully saturated rings. The van der Waals surface area contributed by atoms with E-state index in [1.807, 2.05) is 31.2 Å². The summed E-state index contributed by atoms with van der Waals surface area (Å²) in [5.41, 5.74) is 0.981. The minimum atomic E-state index is -0.412. The van der Waals surface area contributed by atoms with E-state index in [1.54, 1.807) is 7.11 Å². The molecule has 2 nitrogen and oxygen atoms in total. The lowest BCUT2D eigenvalue weighted by Crippen LogP contribution is -2.24. The highest BCUT2D eigenvalue weighted by Crippen LogP contribution is 2.19. The maximum atomic E-state index is 9.89. The van der Waals surface area contributed by atoms with Gasteiger partial charge in [-0.3, -0.25) is 0 Å². The van der Waals surface area contributed by atoms with Crippen LogP contribution in [0.3, 0.4) is 0 Å². The van der Waals surface area contributed by atoms with E-state index >= 15 is 0 Å². The fraction of sp³-hybridized carbons (Fsp3) is 0.500. The predicted molar refractivity (Wildman–Crippen MR) is 62.2 cm³/mol. The van der Waals surface area contributed by atoms with Crippen LogP contribution in [0.5, 0.6) is 0 Å². The summed E-state index contributed by atoms with van der Waals surface area (Å²) >= 11 is 6.01. The first-order valence-corrected chi connectivity index (χ1v) is 5.43. The van der Waals surface area contributed by atoms with Gasteiger partial charge in [-0.25, -0.2) is 0 Å². The molecule has 0 radical (unpaired) electrons. The lowest BCUT2D eigenvalue weighted by molar-refractivity contribution is 0.0575. The minimum absolute atomic E-state index is 0.117. The predicted octanol–water partition coefficient (Wildman–Crippen LogP) is 2.53. The zero-order valence-corrected chi connectivity index (χ0v) is 9.87. The average Bonchev–Trinajstić information content (AvgIpc) is 2.21. The Morgan fingerprint density at radius 2 is 2.07 bits per heavy atom. The summed E-state index contributed by atoms with van der Waals surface area (Å²) in [6.45, 7) is 2.52. The van der Waals surface area contributed by atoms with E-state index in [-0.39, 0.29) is 5.92 Å². The molecule has 0 aromatic heterocycles. The summed E-state index contributed by atoms with van der Waals surface area (Å²) in [4.78, 5) is 0. The number of rotatable bonds is 5. The molecule has 1 aromatic rings. The largest absolute Gasteiger partial charge is 0.392 e. The smallest absolute Gasteiger partial charge is 0.0628 e. The van der Waals surface area contributed by atoms with Gasteiger partial charge in [-0.2, -0.15) is 0 Å². The van der Waals surface area contributed by atoms with Gasteiger partial charge in [0.1, 0.15) is 0 Å². The number of methoxy groups -OCH3 is 1. The molecule has 2 unspecified atom stereocenters. The SMILES string of the molecule is COCC(C)C(O)Cc1ccccc1Cl. The van der Waals surface area contributed by atoms with E-state index in [0.29, 0.717) is 18.1 Å². The zero-order chi connectivity index (χ0) is 11.3. The van der Waals surface area contributed by atoms with Crippen molar-refractivity contribution >= 4 is 11.6 Å². The number of halogens is 1. The van der Waals surface area contributed by atoms with Gasteiger partial charge in [0.05, 0.1) is 12.7 Å². The van der Waals surface area contributed by atoms with Gasteiger partial charge in [0.25, 0.3) is 0 Å². The van der Waals surface area contributed by atoms with Gasteiger partial charge in [0.15, 0.2) is 0 Å². The summed E-state index contributed by atoms with van der Waals surface area (Å²) in [6, 6.07) is 7.58. The third kappa shape index (κ3) is 3.82. The van der Waals surface area contributed by atoms with Gasteiger partial charge >= 0.3 is 0 Å². The average molecular weight is 229 g/mol. The second kappa shape index (κ2) is 6.11. The fourth-order valence-corrected chi connectivity index (χ4v) is 1.68. The Kier molecular flexibility index (Phi) is 5.09. The summed E-state index contributed by atoms with van der Waals surface area (Å²) in [5, 5.41) is 10.6. The first-order chi connectivity index (χ1) is 7.15. The quantitative estimate of drug-likeness (QED) is 0.839. The van der Waals surface area contributed by atoms with Crippen LogP contribution in [-0.2, 0) is 11.2 Å². The molecule has 0 aliphatic heterocycles. The topological polar surface area (TPSA) is 29.5 Å². The van der Waals surface area contributed by atoms with Crippen molar-refractivity contribution in [3.63, 3.8) is 0 Å². The zero-order valence-electron chi connectivity index (χ0n) is 9.11. The highest BCUT2D eigenvalue weighted by Gasteiger charge is 2.15. The Morgan fingerprint density at radius 3 is 2.67 bits per heavy atom. The van der Waals surface area contributed by atoms with Crippen LogP contribution in [0.25, 0.3) is 0 Å². The standard InChI is InChI=1S/C12H17ClO2/c1-9(8-15-2)12(14)7-10-5-3-4-6-11(10)13/h3-6,9,12,14H,7-8H2,1-2H3. The van der Waals surface area contributed by atoms with Crippen LogP contribution < -0.4 is 0 Å². The van der Waals surface area contributed by atoms with E-state index in [0.717, 1.165) is 5.56 Å². The summed E-state index contributed by atoms with van der Waals surface area (Å²) in [7, 11) is 1.64. The molecule has 1 N–H and O–H groups in total. The molecule has 0 heterocycles. The van der Waals surface area contributed by atoms with Gasteiger partial charge in [-0.05, 0) is 11.6 Å². The van der Waals surface area contributed by atoms with Crippen molar-refractivity contribution in [3.05, 3.63) is 34.9 Å². The van der Waals surface area contributed by atoms with Crippen molar-refractivity contribution in [3.8, 4) is 0 Å².